The third-order valence-corrected chi connectivity index (χ3v) is 2.39. The van der Waals surface area contributed by atoms with Crippen LogP contribution in [0.3, 0.4) is 0 Å². The van der Waals surface area contributed by atoms with Crippen molar-refractivity contribution in [1.82, 2.24) is 0 Å². The molecule has 2 nitrogen and oxygen atoms in total. The number of carbonyl (C=O) groups excluding carboxylic acids is 1. The van der Waals surface area contributed by atoms with Crippen molar-refractivity contribution in [2.24, 2.45) is 0 Å². The van der Waals surface area contributed by atoms with Gasteiger partial charge < -0.3 is 9.90 Å². The molecular formula is C11H6ClHgO2. The number of halogens is 1. The van der Waals surface area contributed by atoms with Crippen molar-refractivity contribution >= 4 is 28.3 Å². The van der Waals surface area contributed by atoms with Crippen LogP contribution in [-0.4, -0.2) is 5.97 Å². The molecule has 0 heterocycles. The molecule has 0 aliphatic carbocycles. The molecule has 0 atom stereocenters. The van der Waals surface area contributed by atoms with Crippen LogP contribution >= 0.6 is 11.6 Å². The van der Waals surface area contributed by atoms with Gasteiger partial charge in [-0.1, -0.05) is 41.9 Å². The molecule has 4 heteroatoms. The fraction of sp³-hybridized carbons (Fsp3) is 0. The fourth-order valence-corrected chi connectivity index (χ4v) is 1.75. The summed E-state index contributed by atoms with van der Waals surface area (Å²) < 4.78 is 0. The van der Waals surface area contributed by atoms with Crippen molar-refractivity contribution in [2.45, 2.75) is 0 Å². The largest absolute Gasteiger partial charge is 1.00 e. The summed E-state index contributed by atoms with van der Waals surface area (Å²) in [6.45, 7) is 0. The number of aromatic carboxylic acids is 1. The summed E-state index contributed by atoms with van der Waals surface area (Å²) in [5.74, 6) is -1.20. The van der Waals surface area contributed by atoms with Gasteiger partial charge in [0.05, 0.1) is 5.97 Å². The van der Waals surface area contributed by atoms with Gasteiger partial charge in [0.1, 0.15) is 0 Å². The molecule has 0 aliphatic heterocycles. The number of carboxylic acids is 1. The van der Waals surface area contributed by atoms with Crippen molar-refractivity contribution in [3.05, 3.63) is 47.0 Å². The first-order chi connectivity index (χ1) is 6.70. The minimum absolute atomic E-state index is 0. The first-order valence-electron chi connectivity index (χ1n) is 4.09. The van der Waals surface area contributed by atoms with Crippen LogP contribution in [0.15, 0.2) is 36.4 Å². The standard InChI is InChI=1S/C11H7ClO2.Hg/c12-9-6-2-4-7-3-1-5-8(10(7)9)11(13)14;/h1-6H,(H,13,14);/q;+1/p-1. The number of benzene rings is 2. The molecule has 15 heavy (non-hydrogen) atoms. The summed E-state index contributed by atoms with van der Waals surface area (Å²) in [5.41, 5.74) is 0.133. The second-order valence-corrected chi connectivity index (χ2v) is 3.34. The predicted molar refractivity (Wildman–Crippen MR) is 53.3 cm³/mol. The summed E-state index contributed by atoms with van der Waals surface area (Å²) in [7, 11) is 0. The maximum Gasteiger partial charge on any atom is 1.00 e. The van der Waals surface area contributed by atoms with E-state index < -0.39 is 5.97 Å². The van der Waals surface area contributed by atoms with Gasteiger partial charge in [0, 0.05) is 16.0 Å². The Morgan fingerprint density at radius 3 is 2.33 bits per heavy atom. The van der Waals surface area contributed by atoms with Crippen LogP contribution in [0.2, 0.25) is 5.02 Å². The minimum atomic E-state index is -1.20. The van der Waals surface area contributed by atoms with Gasteiger partial charge in [-0.05, 0) is 11.5 Å². The van der Waals surface area contributed by atoms with E-state index in [2.05, 4.69) is 0 Å². The molecule has 0 unspecified atom stereocenters. The molecule has 2 aromatic carbocycles. The molecule has 0 saturated carbocycles. The zero-order valence-corrected chi connectivity index (χ0v) is 14.1. The van der Waals surface area contributed by atoms with E-state index in [-0.39, 0.29) is 33.2 Å². The zero-order valence-electron chi connectivity index (χ0n) is 7.87. The van der Waals surface area contributed by atoms with Crippen LogP contribution < -0.4 is 5.11 Å². The van der Waals surface area contributed by atoms with E-state index in [4.69, 9.17) is 11.6 Å². The van der Waals surface area contributed by atoms with Crippen LogP contribution in [0.1, 0.15) is 10.4 Å². The summed E-state index contributed by atoms with van der Waals surface area (Å²) in [6, 6.07) is 10.2. The van der Waals surface area contributed by atoms with Crippen molar-refractivity contribution in [3.8, 4) is 0 Å². The Balaban J connectivity index is 0.00000112. The van der Waals surface area contributed by atoms with Gasteiger partial charge in [0.25, 0.3) is 0 Å². The molecule has 0 saturated heterocycles. The smallest absolute Gasteiger partial charge is 0.545 e. The molecular weight excluding hydrogens is 400 g/mol. The summed E-state index contributed by atoms with van der Waals surface area (Å²) in [6.07, 6.45) is 0. The zero-order chi connectivity index (χ0) is 10.1. The molecule has 0 fully saturated rings. The summed E-state index contributed by atoms with van der Waals surface area (Å²) in [5, 5.41) is 12.6. The Kier molecular flexibility index (Phi) is 4.11. The van der Waals surface area contributed by atoms with E-state index in [0.29, 0.717) is 10.4 Å². The topological polar surface area (TPSA) is 40.1 Å². The molecule has 71 valence electrons. The third kappa shape index (κ3) is 2.32. The molecule has 2 aromatic rings. The molecule has 0 bridgehead atoms. The summed E-state index contributed by atoms with van der Waals surface area (Å²) >= 11 is 5.92. The molecule has 0 aromatic heterocycles. The van der Waals surface area contributed by atoms with Gasteiger partial charge >= 0.3 is 27.7 Å². The van der Waals surface area contributed by atoms with Crippen LogP contribution in [0.25, 0.3) is 10.8 Å². The Morgan fingerprint density at radius 1 is 1.13 bits per heavy atom. The van der Waals surface area contributed by atoms with Gasteiger partial charge in [0.2, 0.25) is 0 Å². The van der Waals surface area contributed by atoms with E-state index in [1.807, 2.05) is 12.1 Å². The quantitative estimate of drug-likeness (QED) is 0.679. The molecule has 2 rings (SSSR count). The van der Waals surface area contributed by atoms with Crippen molar-refractivity contribution in [2.75, 3.05) is 0 Å². The number of carbonyl (C=O) groups is 1. The predicted octanol–water partition coefficient (Wildman–Crippen LogP) is 1.85. The average Bonchev–Trinajstić information content (AvgIpc) is 2.17. The second-order valence-electron chi connectivity index (χ2n) is 2.93. The molecule has 0 N–H and O–H groups in total. The van der Waals surface area contributed by atoms with Gasteiger partial charge in [-0.25, -0.2) is 0 Å². The Morgan fingerprint density at radius 2 is 1.73 bits per heavy atom. The normalized spacial score (nSPS) is 9.67. The number of hydrogen-bond acceptors (Lipinski definition) is 2. The third-order valence-electron chi connectivity index (χ3n) is 2.07. The van der Waals surface area contributed by atoms with Crippen molar-refractivity contribution in [3.63, 3.8) is 0 Å². The average molecular weight is 406 g/mol. The number of fused-ring (bicyclic) bond motifs is 1. The monoisotopic (exact) mass is 407 g/mol. The number of carboxylic acid groups (broad SMARTS) is 1. The van der Waals surface area contributed by atoms with Crippen molar-refractivity contribution < 1.29 is 37.6 Å². The molecule has 0 aliphatic rings. The molecule has 0 amide bonds. The van der Waals surface area contributed by atoms with Gasteiger partial charge in [-0.3, -0.25) is 0 Å². The first-order valence-corrected chi connectivity index (χ1v) is 4.46. The van der Waals surface area contributed by atoms with E-state index in [1.165, 1.54) is 6.07 Å². The Labute approximate surface area is 112 Å². The minimum Gasteiger partial charge on any atom is -0.545 e. The maximum absolute atomic E-state index is 10.8. The van der Waals surface area contributed by atoms with Crippen LogP contribution in [0.4, 0.5) is 0 Å². The van der Waals surface area contributed by atoms with Gasteiger partial charge in [-0.15, -0.1) is 0 Å². The number of rotatable bonds is 1. The Hall–Kier alpha value is -0.605. The molecule has 0 spiro atoms. The molecule has 1 radical (unpaired) electrons. The van der Waals surface area contributed by atoms with Gasteiger partial charge in [0.15, 0.2) is 0 Å². The first kappa shape index (κ1) is 12.5. The van der Waals surface area contributed by atoms with E-state index >= 15 is 0 Å². The van der Waals surface area contributed by atoms with E-state index in [0.717, 1.165) is 5.39 Å². The number of hydrogen-bond donors (Lipinski definition) is 0. The second kappa shape index (κ2) is 4.95. The van der Waals surface area contributed by atoms with Crippen molar-refractivity contribution in [1.29, 1.82) is 0 Å². The van der Waals surface area contributed by atoms with Crippen LogP contribution in [0, 0.1) is 0 Å². The van der Waals surface area contributed by atoms with E-state index in [1.54, 1.807) is 18.2 Å². The van der Waals surface area contributed by atoms with Crippen LogP contribution in [-0.2, 0) is 27.7 Å². The van der Waals surface area contributed by atoms with E-state index in [9.17, 15) is 9.90 Å². The van der Waals surface area contributed by atoms with Crippen LogP contribution in [0.5, 0.6) is 0 Å². The van der Waals surface area contributed by atoms with Gasteiger partial charge in [-0.2, -0.15) is 0 Å². The fourth-order valence-electron chi connectivity index (χ4n) is 1.47. The Bertz CT molecular complexity index is 506. The summed E-state index contributed by atoms with van der Waals surface area (Å²) in [4.78, 5) is 10.8. The maximum atomic E-state index is 10.8. The SMILES string of the molecule is O=C([O-])c1cccc2cccc(Cl)c12.[Hg+].